The largest absolute Gasteiger partial charge is 0.459 e. The number of pyridine rings is 1. The van der Waals surface area contributed by atoms with Crippen LogP contribution in [0.3, 0.4) is 0 Å². The molecule has 2 rings (SSSR count). The summed E-state index contributed by atoms with van der Waals surface area (Å²) in [5.41, 5.74) is 0.935. The maximum Gasteiger partial charge on any atom is 0.292 e. The Morgan fingerprint density at radius 1 is 1.33 bits per heavy atom. The van der Waals surface area contributed by atoms with E-state index in [9.17, 15) is 4.79 Å². The normalized spacial score (nSPS) is 10.6. The molecule has 2 heterocycles. The van der Waals surface area contributed by atoms with Crippen LogP contribution in [0.2, 0.25) is 0 Å². The first-order chi connectivity index (χ1) is 10.1. The summed E-state index contributed by atoms with van der Waals surface area (Å²) in [5, 5.41) is 5.96. The summed E-state index contributed by atoms with van der Waals surface area (Å²) in [6.45, 7) is 1.93. The fourth-order valence-corrected chi connectivity index (χ4v) is 1.79. The predicted molar refractivity (Wildman–Crippen MR) is 82.6 cm³/mol. The molecule has 6 heteroatoms. The van der Waals surface area contributed by atoms with Crippen LogP contribution < -0.4 is 10.6 Å². The zero-order valence-electron chi connectivity index (χ0n) is 12.3. The maximum absolute atomic E-state index is 11.8. The van der Waals surface area contributed by atoms with E-state index < -0.39 is 0 Å². The summed E-state index contributed by atoms with van der Waals surface area (Å²) in [5.74, 6) is 0.456. The topological polar surface area (TPSA) is 70.4 Å². The molecule has 1 amide bonds. The molecule has 6 nitrogen and oxygen atoms in total. The summed E-state index contributed by atoms with van der Waals surface area (Å²) in [7, 11) is 4.11. The fraction of sp³-hybridized carbons (Fsp3) is 0.333. The number of hydrogen-bond acceptors (Lipinski definition) is 5. The third-order valence-corrected chi connectivity index (χ3v) is 2.86. The molecule has 0 saturated carbocycles. The van der Waals surface area contributed by atoms with E-state index in [1.165, 1.54) is 6.26 Å². The Labute approximate surface area is 124 Å². The fourth-order valence-electron chi connectivity index (χ4n) is 1.79. The lowest BCUT2D eigenvalue weighted by Gasteiger charge is -2.10. The van der Waals surface area contributed by atoms with Gasteiger partial charge in [-0.15, -0.1) is 0 Å². The molecular weight excluding hydrogens is 268 g/mol. The number of carbonyl (C=O) groups excluding carboxylic acids is 1. The van der Waals surface area contributed by atoms with Crippen LogP contribution in [0.5, 0.6) is 0 Å². The molecule has 0 atom stereocenters. The Morgan fingerprint density at radius 2 is 2.19 bits per heavy atom. The molecule has 2 aromatic heterocycles. The van der Waals surface area contributed by atoms with E-state index in [4.69, 9.17) is 4.42 Å². The molecule has 2 aromatic rings. The second-order valence-electron chi connectivity index (χ2n) is 4.95. The number of rotatable bonds is 7. The number of nitrogens with one attached hydrogen (secondary N) is 2. The average molecular weight is 288 g/mol. The summed E-state index contributed by atoms with van der Waals surface area (Å²) in [6.07, 6.45) is 4.22. The monoisotopic (exact) mass is 288 g/mol. The van der Waals surface area contributed by atoms with Gasteiger partial charge in [-0.1, -0.05) is 0 Å². The highest BCUT2D eigenvalue weighted by Gasteiger charge is 2.08. The van der Waals surface area contributed by atoms with Gasteiger partial charge in [-0.25, -0.2) is 4.98 Å². The molecule has 0 unspecified atom stereocenters. The zero-order chi connectivity index (χ0) is 15.1. The molecule has 0 radical (unpaired) electrons. The van der Waals surface area contributed by atoms with Crippen molar-refractivity contribution in [3.05, 3.63) is 42.5 Å². The van der Waals surface area contributed by atoms with Crippen LogP contribution in [0.4, 0.5) is 11.5 Å². The van der Waals surface area contributed by atoms with E-state index in [0.717, 1.165) is 25.2 Å². The summed E-state index contributed by atoms with van der Waals surface area (Å²) >= 11 is 0. The van der Waals surface area contributed by atoms with Gasteiger partial charge < -0.3 is 20.0 Å². The van der Waals surface area contributed by atoms with Crippen LogP contribution in [-0.4, -0.2) is 43.0 Å². The van der Waals surface area contributed by atoms with Crippen molar-refractivity contribution >= 4 is 17.4 Å². The molecular formula is C15H20N4O2. The van der Waals surface area contributed by atoms with Crippen LogP contribution in [0.1, 0.15) is 17.0 Å². The van der Waals surface area contributed by atoms with Crippen LogP contribution in [0, 0.1) is 0 Å². The minimum atomic E-state index is -0.306. The van der Waals surface area contributed by atoms with Crippen molar-refractivity contribution in [2.45, 2.75) is 6.42 Å². The summed E-state index contributed by atoms with van der Waals surface area (Å²) < 4.78 is 5.02. The van der Waals surface area contributed by atoms with Crippen LogP contribution >= 0.6 is 0 Å². The van der Waals surface area contributed by atoms with E-state index in [2.05, 4.69) is 34.6 Å². The van der Waals surface area contributed by atoms with Crippen molar-refractivity contribution in [3.63, 3.8) is 0 Å². The van der Waals surface area contributed by atoms with Crippen LogP contribution in [0.15, 0.2) is 41.1 Å². The van der Waals surface area contributed by atoms with Crippen molar-refractivity contribution in [1.29, 1.82) is 0 Å². The smallest absolute Gasteiger partial charge is 0.292 e. The highest BCUT2D eigenvalue weighted by molar-refractivity contribution is 6.01. The number of amides is 1. The van der Waals surface area contributed by atoms with E-state index in [1.807, 2.05) is 6.07 Å². The molecule has 0 spiro atoms. The van der Waals surface area contributed by atoms with E-state index in [-0.39, 0.29) is 11.7 Å². The minimum Gasteiger partial charge on any atom is -0.459 e. The molecule has 0 aliphatic carbocycles. The SMILES string of the molecule is CN(C)CCCNc1ccc(NC(=O)c2ccco2)nc1. The first-order valence-electron chi connectivity index (χ1n) is 6.84. The number of hydrogen-bond donors (Lipinski definition) is 2. The number of furan rings is 1. The minimum absolute atomic E-state index is 0.266. The molecule has 0 aromatic carbocycles. The number of nitrogens with zero attached hydrogens (tertiary/aromatic N) is 2. The highest BCUT2D eigenvalue weighted by atomic mass is 16.3. The van der Waals surface area contributed by atoms with Crippen molar-refractivity contribution in [2.24, 2.45) is 0 Å². The number of aromatic nitrogens is 1. The van der Waals surface area contributed by atoms with E-state index in [0.29, 0.717) is 5.82 Å². The molecule has 0 fully saturated rings. The van der Waals surface area contributed by atoms with Crippen LogP contribution in [0.25, 0.3) is 0 Å². The zero-order valence-corrected chi connectivity index (χ0v) is 12.3. The summed E-state index contributed by atoms with van der Waals surface area (Å²) in [4.78, 5) is 18.1. The van der Waals surface area contributed by atoms with Crippen molar-refractivity contribution in [2.75, 3.05) is 37.8 Å². The first-order valence-corrected chi connectivity index (χ1v) is 6.84. The first kappa shape index (κ1) is 15.1. The quantitative estimate of drug-likeness (QED) is 0.765. The van der Waals surface area contributed by atoms with Crippen molar-refractivity contribution in [1.82, 2.24) is 9.88 Å². The Morgan fingerprint density at radius 3 is 2.81 bits per heavy atom. The maximum atomic E-state index is 11.8. The van der Waals surface area contributed by atoms with Crippen molar-refractivity contribution < 1.29 is 9.21 Å². The van der Waals surface area contributed by atoms with Gasteiger partial charge >= 0.3 is 0 Å². The van der Waals surface area contributed by atoms with E-state index >= 15 is 0 Å². The second kappa shape index (κ2) is 7.44. The number of anilines is 2. The predicted octanol–water partition coefficient (Wildman–Crippen LogP) is 2.29. The van der Waals surface area contributed by atoms with Gasteiger partial charge in [0, 0.05) is 6.54 Å². The highest BCUT2D eigenvalue weighted by Crippen LogP contribution is 2.11. The van der Waals surface area contributed by atoms with Gasteiger partial charge in [0.1, 0.15) is 5.82 Å². The Balaban J connectivity index is 1.80. The lowest BCUT2D eigenvalue weighted by molar-refractivity contribution is 0.0996. The molecule has 112 valence electrons. The van der Waals surface area contributed by atoms with Gasteiger partial charge in [0.2, 0.25) is 0 Å². The third-order valence-electron chi connectivity index (χ3n) is 2.86. The Bertz CT molecular complexity index is 550. The standard InChI is InChI=1S/C15H20N4O2/c1-19(2)9-4-8-16-12-6-7-14(17-11-12)18-15(20)13-5-3-10-21-13/h3,5-7,10-11,16H,4,8-9H2,1-2H3,(H,17,18,20). The van der Waals surface area contributed by atoms with Crippen molar-refractivity contribution in [3.8, 4) is 0 Å². The lowest BCUT2D eigenvalue weighted by atomic mass is 10.3. The van der Waals surface area contributed by atoms with E-state index in [1.54, 1.807) is 24.4 Å². The molecule has 0 saturated heterocycles. The van der Waals surface area contributed by atoms with Gasteiger partial charge in [-0.3, -0.25) is 4.79 Å². The van der Waals surface area contributed by atoms with Gasteiger partial charge in [-0.05, 0) is 51.3 Å². The average Bonchev–Trinajstić information content (AvgIpc) is 2.99. The third kappa shape index (κ3) is 4.92. The van der Waals surface area contributed by atoms with Gasteiger partial charge in [0.25, 0.3) is 5.91 Å². The lowest BCUT2D eigenvalue weighted by Crippen LogP contribution is -2.16. The Kier molecular flexibility index (Phi) is 5.34. The molecule has 2 N–H and O–H groups in total. The molecule has 0 aliphatic heterocycles. The summed E-state index contributed by atoms with van der Waals surface area (Å²) in [6, 6.07) is 6.93. The van der Waals surface area contributed by atoms with Crippen LogP contribution in [-0.2, 0) is 0 Å². The molecule has 0 bridgehead atoms. The molecule has 0 aliphatic rings. The van der Waals surface area contributed by atoms with Gasteiger partial charge in [0.15, 0.2) is 5.76 Å². The van der Waals surface area contributed by atoms with Gasteiger partial charge in [-0.2, -0.15) is 0 Å². The molecule has 21 heavy (non-hydrogen) atoms. The van der Waals surface area contributed by atoms with Gasteiger partial charge in [0.05, 0.1) is 18.1 Å². The number of carbonyl (C=O) groups is 1. The Hall–Kier alpha value is -2.34. The second-order valence-corrected chi connectivity index (χ2v) is 4.95.